The van der Waals surface area contributed by atoms with Gasteiger partial charge in [0, 0.05) is 17.7 Å². The number of thiophene rings is 1. The molecule has 0 bridgehead atoms. The molecule has 0 aliphatic heterocycles. The van der Waals surface area contributed by atoms with Crippen LogP contribution in [0.2, 0.25) is 0 Å². The van der Waals surface area contributed by atoms with Crippen LogP contribution in [0.5, 0.6) is 0 Å². The Kier molecular flexibility index (Phi) is 2.87. The quantitative estimate of drug-likeness (QED) is 0.832. The van der Waals surface area contributed by atoms with Crippen molar-refractivity contribution in [3.8, 4) is 0 Å². The summed E-state index contributed by atoms with van der Waals surface area (Å²) in [5.41, 5.74) is 1.09. The third-order valence-electron chi connectivity index (χ3n) is 3.19. The zero-order chi connectivity index (χ0) is 12.8. The number of rotatable bonds is 2. The van der Waals surface area contributed by atoms with Gasteiger partial charge in [-0.3, -0.25) is 4.79 Å². The molecule has 0 fully saturated rings. The van der Waals surface area contributed by atoms with Crippen molar-refractivity contribution in [1.82, 2.24) is 4.98 Å². The van der Waals surface area contributed by atoms with Gasteiger partial charge in [-0.05, 0) is 23.3 Å². The van der Waals surface area contributed by atoms with Crippen LogP contribution in [-0.4, -0.2) is 10.8 Å². The topological polar surface area (TPSA) is 30.0 Å². The molecule has 0 amide bonds. The fourth-order valence-corrected chi connectivity index (χ4v) is 4.25. The number of aromatic nitrogens is 1. The molecule has 0 radical (unpaired) electrons. The Morgan fingerprint density at radius 2 is 2.22 bits per heavy atom. The summed E-state index contributed by atoms with van der Waals surface area (Å²) in [6.45, 7) is 4.29. The molecule has 4 heteroatoms. The van der Waals surface area contributed by atoms with E-state index >= 15 is 0 Å². The van der Waals surface area contributed by atoms with Gasteiger partial charge in [0.2, 0.25) is 0 Å². The maximum Gasteiger partial charge on any atom is 0.175 e. The van der Waals surface area contributed by atoms with Gasteiger partial charge in [-0.15, -0.1) is 22.7 Å². The fraction of sp³-hybridized carbons (Fsp3) is 0.429. The minimum absolute atomic E-state index is 0.0678. The van der Waals surface area contributed by atoms with Crippen molar-refractivity contribution in [1.29, 1.82) is 0 Å². The first kappa shape index (κ1) is 12.1. The van der Waals surface area contributed by atoms with Gasteiger partial charge in [0.05, 0.1) is 15.6 Å². The lowest BCUT2D eigenvalue weighted by Gasteiger charge is -2.26. The summed E-state index contributed by atoms with van der Waals surface area (Å²) in [4.78, 5) is 19.0. The van der Waals surface area contributed by atoms with Crippen LogP contribution in [0.15, 0.2) is 17.5 Å². The van der Waals surface area contributed by atoms with Crippen LogP contribution in [0.25, 0.3) is 0 Å². The third-order valence-corrected chi connectivity index (χ3v) is 5.20. The number of hydrogen-bond donors (Lipinski definition) is 0. The van der Waals surface area contributed by atoms with Gasteiger partial charge in [-0.25, -0.2) is 4.98 Å². The zero-order valence-electron chi connectivity index (χ0n) is 10.5. The second kappa shape index (κ2) is 4.28. The Bertz CT molecular complexity index is 581. The summed E-state index contributed by atoms with van der Waals surface area (Å²) < 4.78 is 0. The standard InChI is InChI=1S/C14H15NOS2/c1-14(2)7-10-13(11(16)8-14)18-12(15-10)6-9-4-3-5-17-9/h3-5H,6-8H2,1-2H3. The van der Waals surface area contributed by atoms with Crippen molar-refractivity contribution >= 4 is 28.5 Å². The average molecular weight is 277 g/mol. The van der Waals surface area contributed by atoms with E-state index in [1.807, 2.05) is 0 Å². The molecule has 1 aliphatic rings. The first-order valence-electron chi connectivity index (χ1n) is 6.08. The third kappa shape index (κ3) is 2.27. The highest BCUT2D eigenvalue weighted by Crippen LogP contribution is 2.37. The average Bonchev–Trinajstić information content (AvgIpc) is 2.86. The first-order valence-corrected chi connectivity index (χ1v) is 7.77. The van der Waals surface area contributed by atoms with Crippen molar-refractivity contribution < 1.29 is 4.79 Å². The largest absolute Gasteiger partial charge is 0.293 e. The van der Waals surface area contributed by atoms with E-state index in [-0.39, 0.29) is 11.2 Å². The maximum absolute atomic E-state index is 12.1. The normalized spacial score (nSPS) is 17.8. The van der Waals surface area contributed by atoms with Crippen LogP contribution in [0, 0.1) is 5.41 Å². The number of ketones is 1. The highest BCUT2D eigenvalue weighted by atomic mass is 32.1. The van der Waals surface area contributed by atoms with Crippen LogP contribution >= 0.6 is 22.7 Å². The van der Waals surface area contributed by atoms with E-state index in [0.29, 0.717) is 6.42 Å². The summed E-state index contributed by atoms with van der Waals surface area (Å²) in [5.74, 6) is 0.274. The Labute approximate surface area is 115 Å². The molecule has 18 heavy (non-hydrogen) atoms. The number of thiazole rings is 1. The predicted molar refractivity (Wildman–Crippen MR) is 75.7 cm³/mol. The van der Waals surface area contributed by atoms with Crippen LogP contribution in [0.4, 0.5) is 0 Å². The molecule has 0 saturated carbocycles. The van der Waals surface area contributed by atoms with Crippen LogP contribution < -0.4 is 0 Å². The van der Waals surface area contributed by atoms with Crippen LogP contribution in [0.3, 0.4) is 0 Å². The molecule has 2 aromatic heterocycles. The molecule has 3 rings (SSSR count). The molecule has 0 unspecified atom stereocenters. The molecule has 1 aliphatic carbocycles. The van der Waals surface area contributed by atoms with E-state index in [1.165, 1.54) is 4.88 Å². The van der Waals surface area contributed by atoms with Gasteiger partial charge < -0.3 is 0 Å². The van der Waals surface area contributed by atoms with Crippen LogP contribution in [-0.2, 0) is 12.8 Å². The Morgan fingerprint density at radius 3 is 2.94 bits per heavy atom. The smallest absolute Gasteiger partial charge is 0.175 e. The molecular weight excluding hydrogens is 262 g/mol. The number of carbonyl (C=O) groups is 1. The van der Waals surface area contributed by atoms with E-state index < -0.39 is 0 Å². The van der Waals surface area contributed by atoms with Gasteiger partial charge in [-0.2, -0.15) is 0 Å². The summed E-state index contributed by atoms with van der Waals surface area (Å²) >= 11 is 3.33. The molecule has 2 aromatic rings. The number of carbonyl (C=O) groups excluding carboxylic acids is 1. The lowest BCUT2D eigenvalue weighted by atomic mass is 9.78. The van der Waals surface area contributed by atoms with E-state index in [1.54, 1.807) is 22.7 Å². The van der Waals surface area contributed by atoms with Gasteiger partial charge in [0.15, 0.2) is 5.78 Å². The lowest BCUT2D eigenvalue weighted by molar-refractivity contribution is 0.0916. The number of Topliss-reactive ketones (excluding diaryl/α,β-unsaturated/α-hetero) is 1. The Morgan fingerprint density at radius 1 is 1.39 bits per heavy atom. The highest BCUT2D eigenvalue weighted by molar-refractivity contribution is 7.14. The van der Waals surface area contributed by atoms with E-state index in [4.69, 9.17) is 0 Å². The number of hydrogen-bond acceptors (Lipinski definition) is 4. The van der Waals surface area contributed by atoms with Crippen molar-refractivity contribution in [3.63, 3.8) is 0 Å². The van der Waals surface area contributed by atoms with Crippen molar-refractivity contribution in [3.05, 3.63) is 38.0 Å². The van der Waals surface area contributed by atoms with Gasteiger partial charge in [-0.1, -0.05) is 19.9 Å². The molecule has 0 N–H and O–H groups in total. The van der Waals surface area contributed by atoms with Crippen molar-refractivity contribution in [2.24, 2.45) is 5.41 Å². The molecule has 0 saturated heterocycles. The molecule has 94 valence electrons. The molecular formula is C14H15NOS2. The fourth-order valence-electron chi connectivity index (χ4n) is 2.41. The summed E-state index contributed by atoms with van der Waals surface area (Å²) in [6, 6.07) is 4.18. The predicted octanol–water partition coefficient (Wildman–Crippen LogP) is 3.95. The Balaban J connectivity index is 1.90. The Hall–Kier alpha value is -1.00. The van der Waals surface area contributed by atoms with Gasteiger partial charge in [0.1, 0.15) is 0 Å². The van der Waals surface area contributed by atoms with Gasteiger partial charge >= 0.3 is 0 Å². The number of fused-ring (bicyclic) bond motifs is 1. The highest BCUT2D eigenvalue weighted by Gasteiger charge is 2.33. The minimum Gasteiger partial charge on any atom is -0.293 e. The molecule has 0 aromatic carbocycles. The second-order valence-corrected chi connectivity index (χ2v) is 7.70. The summed E-state index contributed by atoms with van der Waals surface area (Å²) in [7, 11) is 0. The lowest BCUT2D eigenvalue weighted by Crippen LogP contribution is -2.25. The monoisotopic (exact) mass is 277 g/mol. The molecule has 0 spiro atoms. The molecule has 2 nitrogen and oxygen atoms in total. The second-order valence-electron chi connectivity index (χ2n) is 5.58. The van der Waals surface area contributed by atoms with E-state index in [2.05, 4.69) is 36.3 Å². The van der Waals surface area contributed by atoms with E-state index in [0.717, 1.165) is 28.4 Å². The SMILES string of the molecule is CC1(C)CC(=O)c2sc(Cc3cccs3)nc2C1. The van der Waals surface area contributed by atoms with Crippen molar-refractivity contribution in [2.75, 3.05) is 0 Å². The molecule has 0 atom stereocenters. The number of nitrogens with zero attached hydrogens (tertiary/aromatic N) is 1. The first-order chi connectivity index (χ1) is 8.53. The van der Waals surface area contributed by atoms with E-state index in [9.17, 15) is 4.79 Å². The van der Waals surface area contributed by atoms with Crippen LogP contribution in [0.1, 0.15) is 45.5 Å². The van der Waals surface area contributed by atoms with Gasteiger partial charge in [0.25, 0.3) is 0 Å². The minimum atomic E-state index is 0.0678. The summed E-state index contributed by atoms with van der Waals surface area (Å²) in [6.07, 6.45) is 2.44. The van der Waals surface area contributed by atoms with Crippen molar-refractivity contribution in [2.45, 2.75) is 33.1 Å². The zero-order valence-corrected chi connectivity index (χ0v) is 12.2. The summed E-state index contributed by atoms with van der Waals surface area (Å²) in [5, 5.41) is 3.16. The molecule has 2 heterocycles. The maximum atomic E-state index is 12.1.